The average Bonchev–Trinajstić information content (AvgIpc) is 3.33. The first-order chi connectivity index (χ1) is 13.2. The normalized spacial score (nSPS) is 15.2. The van der Waals surface area contributed by atoms with Gasteiger partial charge in [-0.05, 0) is 68.9 Å². The largest absolute Gasteiger partial charge is 0.458 e. The molecule has 1 heterocycles. The zero-order valence-electron chi connectivity index (χ0n) is 16.2. The molecule has 1 unspecified atom stereocenters. The fourth-order valence-corrected chi connectivity index (χ4v) is 3.82. The minimum Gasteiger partial charge on any atom is -0.458 e. The zero-order valence-corrected chi connectivity index (χ0v) is 16.2. The molecule has 0 radical (unpaired) electrons. The third-order valence-corrected chi connectivity index (χ3v) is 5.36. The van der Waals surface area contributed by atoms with Crippen LogP contribution in [0.5, 0.6) is 0 Å². The van der Waals surface area contributed by atoms with Crippen LogP contribution in [0.4, 0.5) is 9.18 Å². The highest BCUT2D eigenvalue weighted by Gasteiger charge is 2.43. The summed E-state index contributed by atoms with van der Waals surface area (Å²) in [6, 6.07) is 9.64. The van der Waals surface area contributed by atoms with Crippen molar-refractivity contribution in [3.8, 4) is 0 Å². The topological polar surface area (TPSA) is 82.5 Å². The molecule has 0 spiro atoms. The van der Waals surface area contributed by atoms with E-state index in [0.29, 0.717) is 36.7 Å². The second-order valence-corrected chi connectivity index (χ2v) is 8.00. The predicted octanol–water partition coefficient (Wildman–Crippen LogP) is 4.87. The van der Waals surface area contributed by atoms with Crippen molar-refractivity contribution in [1.29, 1.82) is 0 Å². The van der Waals surface area contributed by atoms with E-state index in [0.717, 1.165) is 18.4 Å². The Bertz CT molecular complexity index is 836. The van der Waals surface area contributed by atoms with Gasteiger partial charge in [0, 0.05) is 18.8 Å². The molecule has 28 heavy (non-hydrogen) atoms. The van der Waals surface area contributed by atoms with Crippen molar-refractivity contribution < 1.29 is 23.1 Å². The standard InChI is InChI=1S/C22H26FNO4/c1-22(2,28-21(24)26)18(15-5-6-15)10-11-19(25)20-12-9-17(27-20)13-14-3-7-16(23)8-4-14/h3-4,7-9,12,15,18H,5-6,10-11,13H2,1-2H3,(H2,24,26). The first kappa shape index (κ1) is 20.1. The number of primary amides is 1. The third-order valence-electron chi connectivity index (χ3n) is 5.36. The van der Waals surface area contributed by atoms with Crippen molar-refractivity contribution in [3.05, 3.63) is 59.3 Å². The monoisotopic (exact) mass is 387 g/mol. The van der Waals surface area contributed by atoms with Gasteiger partial charge in [-0.3, -0.25) is 4.79 Å². The van der Waals surface area contributed by atoms with Gasteiger partial charge >= 0.3 is 6.09 Å². The van der Waals surface area contributed by atoms with E-state index in [4.69, 9.17) is 14.9 Å². The number of furan rings is 1. The molecule has 1 amide bonds. The maximum Gasteiger partial charge on any atom is 0.405 e. The summed E-state index contributed by atoms with van der Waals surface area (Å²) in [7, 11) is 0. The molecule has 1 aromatic heterocycles. The molecule has 2 N–H and O–H groups in total. The van der Waals surface area contributed by atoms with Gasteiger partial charge in [-0.1, -0.05) is 12.1 Å². The minimum absolute atomic E-state index is 0.0779. The summed E-state index contributed by atoms with van der Waals surface area (Å²) < 4.78 is 24.0. The van der Waals surface area contributed by atoms with Crippen LogP contribution >= 0.6 is 0 Å². The van der Waals surface area contributed by atoms with Crippen LogP contribution in [-0.4, -0.2) is 17.5 Å². The molecule has 1 aliphatic rings. The second-order valence-electron chi connectivity index (χ2n) is 8.00. The summed E-state index contributed by atoms with van der Waals surface area (Å²) in [6.45, 7) is 3.69. The number of carbonyl (C=O) groups is 2. The Kier molecular flexibility index (Phi) is 5.87. The molecule has 150 valence electrons. The van der Waals surface area contributed by atoms with Gasteiger partial charge in [0.1, 0.15) is 17.2 Å². The van der Waals surface area contributed by atoms with Crippen LogP contribution in [0, 0.1) is 17.7 Å². The molecule has 2 aromatic rings. The SMILES string of the molecule is CC(C)(OC(N)=O)C(CCC(=O)c1ccc(Cc2ccc(F)cc2)o1)C1CC1. The van der Waals surface area contributed by atoms with E-state index in [1.165, 1.54) is 12.1 Å². The number of benzene rings is 1. The van der Waals surface area contributed by atoms with E-state index in [9.17, 15) is 14.0 Å². The van der Waals surface area contributed by atoms with Gasteiger partial charge in [0.25, 0.3) is 0 Å². The van der Waals surface area contributed by atoms with Crippen molar-refractivity contribution >= 4 is 11.9 Å². The van der Waals surface area contributed by atoms with Crippen molar-refractivity contribution in [2.24, 2.45) is 17.6 Å². The maximum atomic E-state index is 13.0. The van der Waals surface area contributed by atoms with Crippen molar-refractivity contribution in [3.63, 3.8) is 0 Å². The van der Waals surface area contributed by atoms with Crippen LogP contribution in [0.2, 0.25) is 0 Å². The number of nitrogens with two attached hydrogens (primary N) is 1. The molecule has 1 saturated carbocycles. The minimum atomic E-state index is -0.793. The van der Waals surface area contributed by atoms with E-state index >= 15 is 0 Å². The summed E-state index contributed by atoms with van der Waals surface area (Å²) in [5, 5.41) is 0. The number of ether oxygens (including phenoxy) is 1. The Labute approximate surface area is 164 Å². The maximum absolute atomic E-state index is 13.0. The van der Waals surface area contributed by atoms with Crippen molar-refractivity contribution in [2.75, 3.05) is 0 Å². The highest BCUT2D eigenvalue weighted by molar-refractivity contribution is 5.93. The van der Waals surface area contributed by atoms with Gasteiger partial charge in [-0.2, -0.15) is 0 Å². The Hall–Kier alpha value is -2.63. The van der Waals surface area contributed by atoms with E-state index in [-0.39, 0.29) is 17.5 Å². The van der Waals surface area contributed by atoms with Gasteiger partial charge in [0.15, 0.2) is 11.5 Å². The first-order valence-electron chi connectivity index (χ1n) is 9.59. The Morgan fingerprint density at radius 2 is 1.89 bits per heavy atom. The summed E-state index contributed by atoms with van der Waals surface area (Å²) >= 11 is 0. The Morgan fingerprint density at radius 1 is 1.21 bits per heavy atom. The van der Waals surface area contributed by atoms with Crippen molar-refractivity contribution in [1.82, 2.24) is 0 Å². The molecule has 0 bridgehead atoms. The Morgan fingerprint density at radius 3 is 2.50 bits per heavy atom. The zero-order chi connectivity index (χ0) is 20.3. The smallest absolute Gasteiger partial charge is 0.405 e. The van der Waals surface area contributed by atoms with Crippen LogP contribution in [0.15, 0.2) is 40.8 Å². The van der Waals surface area contributed by atoms with Gasteiger partial charge in [-0.15, -0.1) is 0 Å². The summed E-state index contributed by atoms with van der Waals surface area (Å²) in [6.07, 6.45) is 2.78. The molecule has 1 fully saturated rings. The van der Waals surface area contributed by atoms with Crippen LogP contribution in [0.1, 0.15) is 61.4 Å². The lowest BCUT2D eigenvalue weighted by Gasteiger charge is -2.33. The van der Waals surface area contributed by atoms with Crippen LogP contribution in [-0.2, 0) is 11.2 Å². The lowest BCUT2D eigenvalue weighted by molar-refractivity contribution is -0.0125. The summed E-state index contributed by atoms with van der Waals surface area (Å²) in [5.41, 5.74) is 5.40. The van der Waals surface area contributed by atoms with Crippen molar-refractivity contribution in [2.45, 2.75) is 51.6 Å². The number of hydrogen-bond acceptors (Lipinski definition) is 4. The second kappa shape index (κ2) is 8.17. The molecule has 3 rings (SSSR count). The van der Waals surface area contributed by atoms with Crippen LogP contribution in [0.3, 0.4) is 0 Å². The average molecular weight is 387 g/mol. The van der Waals surface area contributed by atoms with E-state index in [1.807, 2.05) is 13.8 Å². The first-order valence-corrected chi connectivity index (χ1v) is 9.59. The number of carbonyl (C=O) groups excluding carboxylic acids is 2. The molecule has 0 aliphatic heterocycles. The van der Waals surface area contributed by atoms with Crippen LogP contribution in [0.25, 0.3) is 0 Å². The van der Waals surface area contributed by atoms with E-state index < -0.39 is 11.7 Å². The fraction of sp³-hybridized carbons (Fsp3) is 0.455. The van der Waals surface area contributed by atoms with Gasteiger partial charge < -0.3 is 14.9 Å². The molecular weight excluding hydrogens is 361 g/mol. The number of Topliss-reactive ketones (excluding diaryl/α,β-unsaturated/α-hetero) is 1. The highest BCUT2D eigenvalue weighted by Crippen LogP contribution is 2.45. The number of amides is 1. The predicted molar refractivity (Wildman–Crippen MR) is 102 cm³/mol. The number of rotatable bonds is 9. The quantitative estimate of drug-likeness (QED) is 0.622. The number of hydrogen-bond donors (Lipinski definition) is 1. The van der Waals surface area contributed by atoms with E-state index in [1.54, 1.807) is 24.3 Å². The van der Waals surface area contributed by atoms with Gasteiger partial charge in [0.2, 0.25) is 0 Å². The summed E-state index contributed by atoms with van der Waals surface area (Å²) in [5.74, 6) is 1.15. The molecular formula is C22H26FNO4. The lowest BCUT2D eigenvalue weighted by Crippen LogP contribution is -2.40. The molecule has 5 nitrogen and oxygen atoms in total. The highest BCUT2D eigenvalue weighted by atomic mass is 19.1. The van der Waals surface area contributed by atoms with Gasteiger partial charge in [0.05, 0.1) is 0 Å². The third kappa shape index (κ3) is 5.21. The molecule has 0 saturated heterocycles. The lowest BCUT2D eigenvalue weighted by atomic mass is 9.82. The molecule has 6 heteroatoms. The van der Waals surface area contributed by atoms with Gasteiger partial charge in [-0.25, -0.2) is 9.18 Å². The molecule has 1 aliphatic carbocycles. The van der Waals surface area contributed by atoms with E-state index in [2.05, 4.69) is 0 Å². The molecule has 1 atom stereocenters. The Balaban J connectivity index is 1.59. The molecule has 1 aromatic carbocycles. The summed E-state index contributed by atoms with van der Waals surface area (Å²) in [4.78, 5) is 23.8. The number of ketones is 1. The number of halogens is 1. The fourth-order valence-electron chi connectivity index (χ4n) is 3.82. The van der Waals surface area contributed by atoms with Crippen LogP contribution < -0.4 is 5.73 Å².